The Morgan fingerprint density at radius 3 is 2.44 bits per heavy atom. The van der Waals surface area contributed by atoms with Crippen LogP contribution in [0.2, 0.25) is 0 Å². The van der Waals surface area contributed by atoms with E-state index in [4.69, 9.17) is 4.74 Å². The first-order valence-electron chi connectivity index (χ1n) is 7.63. The summed E-state index contributed by atoms with van der Waals surface area (Å²) < 4.78 is 5.58. The lowest BCUT2D eigenvalue weighted by molar-refractivity contribution is -0.384. The van der Waals surface area contributed by atoms with Crippen LogP contribution in [0.1, 0.15) is 13.8 Å². The van der Waals surface area contributed by atoms with E-state index in [1.165, 1.54) is 24.3 Å². The molecule has 2 aromatic carbocycles. The highest BCUT2D eigenvalue weighted by molar-refractivity contribution is 5.99. The van der Waals surface area contributed by atoms with Crippen LogP contribution < -0.4 is 15.4 Å². The number of non-ortho nitro benzene ring substituents is 1. The first-order chi connectivity index (χ1) is 11.9. The summed E-state index contributed by atoms with van der Waals surface area (Å²) in [4.78, 5) is 22.1. The molecule has 2 aromatic rings. The first-order valence-corrected chi connectivity index (χ1v) is 7.63. The number of anilines is 2. The summed E-state index contributed by atoms with van der Waals surface area (Å²) in [5.74, 6) is 0.644. The molecule has 0 saturated heterocycles. The van der Waals surface area contributed by atoms with E-state index in [9.17, 15) is 14.9 Å². The summed E-state index contributed by atoms with van der Waals surface area (Å²) >= 11 is 0. The Bertz CT molecular complexity index is 781. The molecule has 0 atom stereocenters. The highest BCUT2D eigenvalue weighted by Gasteiger charge is 2.07. The third-order valence-electron chi connectivity index (χ3n) is 3.17. The largest absolute Gasteiger partial charge is 0.489 e. The maximum Gasteiger partial charge on any atom is 0.323 e. The SMILES string of the molecule is CC(C)=CCOc1cccc(NC(=O)Nc2ccc([N+](=O)[O-])cc2)c1. The van der Waals surface area contributed by atoms with Crippen molar-refractivity contribution in [3.63, 3.8) is 0 Å². The number of rotatable bonds is 6. The van der Waals surface area contributed by atoms with Crippen LogP contribution >= 0.6 is 0 Å². The van der Waals surface area contributed by atoms with Gasteiger partial charge in [0, 0.05) is 29.6 Å². The molecule has 0 heterocycles. The average Bonchev–Trinajstić information content (AvgIpc) is 2.55. The number of carbonyl (C=O) groups excluding carboxylic acids is 1. The molecule has 0 radical (unpaired) electrons. The number of ether oxygens (including phenoxy) is 1. The number of urea groups is 1. The zero-order chi connectivity index (χ0) is 18.2. The predicted molar refractivity (Wildman–Crippen MR) is 97.1 cm³/mol. The second kappa shape index (κ2) is 8.49. The van der Waals surface area contributed by atoms with E-state index in [2.05, 4.69) is 10.6 Å². The highest BCUT2D eigenvalue weighted by Crippen LogP contribution is 2.19. The van der Waals surface area contributed by atoms with E-state index in [1.807, 2.05) is 19.9 Å². The van der Waals surface area contributed by atoms with Gasteiger partial charge in [0.15, 0.2) is 0 Å². The molecule has 0 aliphatic heterocycles. The molecule has 130 valence electrons. The summed E-state index contributed by atoms with van der Waals surface area (Å²) in [5.41, 5.74) is 2.16. The van der Waals surface area contributed by atoms with Gasteiger partial charge in [0.2, 0.25) is 0 Å². The summed E-state index contributed by atoms with van der Waals surface area (Å²) in [6, 6.07) is 12.2. The van der Waals surface area contributed by atoms with Crippen molar-refractivity contribution in [3.05, 3.63) is 70.3 Å². The van der Waals surface area contributed by atoms with Crippen LogP contribution in [-0.2, 0) is 0 Å². The van der Waals surface area contributed by atoms with Crippen molar-refractivity contribution in [2.24, 2.45) is 0 Å². The molecule has 0 aliphatic rings. The van der Waals surface area contributed by atoms with Crippen LogP contribution in [0.25, 0.3) is 0 Å². The van der Waals surface area contributed by atoms with E-state index in [0.717, 1.165) is 5.57 Å². The number of hydrogen-bond donors (Lipinski definition) is 2. The zero-order valence-corrected chi connectivity index (χ0v) is 14.0. The lowest BCUT2D eigenvalue weighted by Gasteiger charge is -2.09. The zero-order valence-electron chi connectivity index (χ0n) is 14.0. The normalized spacial score (nSPS) is 9.84. The third kappa shape index (κ3) is 5.98. The van der Waals surface area contributed by atoms with Crippen LogP contribution in [0, 0.1) is 10.1 Å². The predicted octanol–water partition coefficient (Wildman–Crippen LogP) is 4.58. The molecule has 0 saturated carbocycles. The number of carbonyl (C=O) groups is 1. The van der Waals surface area contributed by atoms with E-state index < -0.39 is 11.0 Å². The number of nitro groups is 1. The van der Waals surface area contributed by atoms with Crippen molar-refractivity contribution < 1.29 is 14.5 Å². The molecule has 2 rings (SSSR count). The fourth-order valence-corrected chi connectivity index (χ4v) is 1.93. The van der Waals surface area contributed by atoms with Gasteiger partial charge in [-0.2, -0.15) is 0 Å². The minimum atomic E-state index is -0.495. The molecule has 25 heavy (non-hydrogen) atoms. The number of benzene rings is 2. The van der Waals surface area contributed by atoms with Crippen molar-refractivity contribution in [2.75, 3.05) is 17.2 Å². The highest BCUT2D eigenvalue weighted by atomic mass is 16.6. The van der Waals surface area contributed by atoms with Gasteiger partial charge in [-0.3, -0.25) is 10.1 Å². The fraction of sp³-hybridized carbons (Fsp3) is 0.167. The Hall–Kier alpha value is -3.35. The van der Waals surface area contributed by atoms with Gasteiger partial charge >= 0.3 is 6.03 Å². The lowest BCUT2D eigenvalue weighted by Crippen LogP contribution is -2.19. The monoisotopic (exact) mass is 341 g/mol. The Morgan fingerprint density at radius 2 is 1.80 bits per heavy atom. The molecule has 0 unspecified atom stereocenters. The van der Waals surface area contributed by atoms with Gasteiger partial charge in [-0.1, -0.05) is 11.6 Å². The van der Waals surface area contributed by atoms with E-state index in [-0.39, 0.29) is 5.69 Å². The summed E-state index contributed by atoms with van der Waals surface area (Å²) in [7, 11) is 0. The number of nitro benzene ring substituents is 1. The molecule has 0 aliphatic carbocycles. The molecule has 0 fully saturated rings. The van der Waals surface area contributed by atoms with Crippen LogP contribution in [0.3, 0.4) is 0 Å². The van der Waals surface area contributed by atoms with Gasteiger partial charge in [0.25, 0.3) is 5.69 Å². The minimum absolute atomic E-state index is 0.0350. The molecule has 0 bridgehead atoms. The first kappa shape index (κ1) is 18.0. The minimum Gasteiger partial charge on any atom is -0.489 e. The Kier molecular flexibility index (Phi) is 6.11. The fourth-order valence-electron chi connectivity index (χ4n) is 1.93. The summed E-state index contributed by atoms with van der Waals surface area (Å²) in [6.45, 7) is 4.44. The molecular formula is C18H19N3O4. The van der Waals surface area contributed by atoms with E-state index in [0.29, 0.717) is 23.7 Å². The number of amides is 2. The average molecular weight is 341 g/mol. The van der Waals surface area contributed by atoms with Crippen molar-refractivity contribution in [1.29, 1.82) is 0 Å². The van der Waals surface area contributed by atoms with Gasteiger partial charge in [0.1, 0.15) is 12.4 Å². The molecule has 0 spiro atoms. The Morgan fingerprint density at radius 1 is 1.12 bits per heavy atom. The molecular weight excluding hydrogens is 322 g/mol. The topological polar surface area (TPSA) is 93.5 Å². The molecule has 2 N–H and O–H groups in total. The van der Waals surface area contributed by atoms with Crippen LogP contribution in [-0.4, -0.2) is 17.6 Å². The van der Waals surface area contributed by atoms with Crippen LogP contribution in [0.15, 0.2) is 60.2 Å². The quantitative estimate of drug-likeness (QED) is 0.457. The summed E-state index contributed by atoms with van der Waals surface area (Å²) in [5, 5.41) is 15.9. The standard InChI is InChI=1S/C18H19N3O4/c1-13(2)10-11-25-17-5-3-4-15(12-17)20-18(22)19-14-6-8-16(9-7-14)21(23)24/h3-10,12H,11H2,1-2H3,(H2,19,20,22). The van der Waals surface area contributed by atoms with Crippen molar-refractivity contribution in [1.82, 2.24) is 0 Å². The van der Waals surface area contributed by atoms with Crippen molar-refractivity contribution in [2.45, 2.75) is 13.8 Å². The van der Waals surface area contributed by atoms with Crippen molar-refractivity contribution >= 4 is 23.1 Å². The van der Waals surface area contributed by atoms with Gasteiger partial charge in [-0.25, -0.2) is 4.79 Å². The van der Waals surface area contributed by atoms with E-state index in [1.54, 1.807) is 24.3 Å². The van der Waals surface area contributed by atoms with Crippen LogP contribution in [0.5, 0.6) is 5.75 Å². The van der Waals surface area contributed by atoms with Gasteiger partial charge in [0.05, 0.1) is 4.92 Å². The number of nitrogens with one attached hydrogen (secondary N) is 2. The lowest BCUT2D eigenvalue weighted by atomic mass is 10.3. The smallest absolute Gasteiger partial charge is 0.323 e. The maximum atomic E-state index is 12.0. The summed E-state index contributed by atoms with van der Waals surface area (Å²) in [6.07, 6.45) is 1.96. The van der Waals surface area contributed by atoms with Gasteiger partial charge in [-0.15, -0.1) is 0 Å². The number of hydrogen-bond acceptors (Lipinski definition) is 4. The Labute approximate surface area is 145 Å². The third-order valence-corrected chi connectivity index (χ3v) is 3.17. The second-order valence-corrected chi connectivity index (χ2v) is 5.50. The van der Waals surface area contributed by atoms with Gasteiger partial charge in [-0.05, 0) is 44.2 Å². The Balaban J connectivity index is 1.93. The van der Waals surface area contributed by atoms with Gasteiger partial charge < -0.3 is 15.4 Å². The molecule has 7 heteroatoms. The number of allylic oxidation sites excluding steroid dienone is 1. The van der Waals surface area contributed by atoms with Crippen LogP contribution in [0.4, 0.5) is 21.9 Å². The number of nitrogens with zero attached hydrogens (tertiary/aromatic N) is 1. The van der Waals surface area contributed by atoms with Crippen molar-refractivity contribution in [3.8, 4) is 5.75 Å². The maximum absolute atomic E-state index is 12.0. The second-order valence-electron chi connectivity index (χ2n) is 5.50. The molecule has 2 amide bonds. The van der Waals surface area contributed by atoms with E-state index >= 15 is 0 Å². The molecule has 0 aromatic heterocycles. The molecule has 7 nitrogen and oxygen atoms in total.